The maximum Gasteiger partial charge on any atom is 0.343 e. The molecule has 1 atom stereocenters. The first kappa shape index (κ1) is 21.9. The third kappa shape index (κ3) is 5.98. The second kappa shape index (κ2) is 9.02. The molecule has 0 heterocycles. The van der Waals surface area contributed by atoms with E-state index in [9.17, 15) is 19.2 Å². The van der Waals surface area contributed by atoms with Crippen molar-refractivity contribution in [2.45, 2.75) is 39.3 Å². The molecule has 1 rings (SSSR count). The van der Waals surface area contributed by atoms with Gasteiger partial charge >= 0.3 is 12.0 Å². The second-order valence-corrected chi connectivity index (χ2v) is 6.62. The number of esters is 1. The second-order valence-electron chi connectivity index (χ2n) is 6.62. The summed E-state index contributed by atoms with van der Waals surface area (Å²) in [5.41, 5.74) is -0.710. The van der Waals surface area contributed by atoms with Crippen LogP contribution >= 0.6 is 0 Å². The van der Waals surface area contributed by atoms with E-state index in [-0.39, 0.29) is 22.6 Å². The van der Waals surface area contributed by atoms with Crippen LogP contribution in [-0.2, 0) is 9.53 Å². The van der Waals surface area contributed by atoms with Gasteiger partial charge in [-0.25, -0.2) is 9.59 Å². The Morgan fingerprint density at radius 1 is 1.11 bits per heavy atom. The number of amides is 3. The van der Waals surface area contributed by atoms with Gasteiger partial charge in [0.05, 0.1) is 14.2 Å². The van der Waals surface area contributed by atoms with Gasteiger partial charge < -0.3 is 19.5 Å². The zero-order chi connectivity index (χ0) is 20.8. The summed E-state index contributed by atoms with van der Waals surface area (Å²) < 4.78 is 15.3. The van der Waals surface area contributed by atoms with E-state index in [1.54, 1.807) is 20.8 Å². The highest BCUT2D eigenvalue weighted by molar-refractivity contribution is 6.03. The first-order valence-corrected chi connectivity index (χ1v) is 8.08. The minimum absolute atomic E-state index is 0.00480. The summed E-state index contributed by atoms with van der Waals surface area (Å²) in [5.74, 6) is -1.56. The van der Waals surface area contributed by atoms with Gasteiger partial charge in [0.2, 0.25) is 0 Å². The highest BCUT2D eigenvalue weighted by Gasteiger charge is 2.27. The molecule has 0 radical (unpaired) electrons. The molecule has 0 aliphatic carbocycles. The molecule has 0 spiro atoms. The Bertz CT molecular complexity index is 738. The summed E-state index contributed by atoms with van der Waals surface area (Å²) in [6.45, 7) is 6.54. The molecule has 9 nitrogen and oxygen atoms in total. The summed E-state index contributed by atoms with van der Waals surface area (Å²) in [6, 6.07) is 2.11. The molecule has 0 unspecified atom stereocenters. The van der Waals surface area contributed by atoms with Crippen molar-refractivity contribution in [3.05, 3.63) is 23.3 Å². The Hall–Kier alpha value is -3.10. The van der Waals surface area contributed by atoms with Gasteiger partial charge in [-0.2, -0.15) is 0 Å². The molecule has 0 saturated carbocycles. The number of urea groups is 1. The van der Waals surface area contributed by atoms with E-state index in [0.29, 0.717) is 6.29 Å². The van der Waals surface area contributed by atoms with Crippen molar-refractivity contribution >= 4 is 24.2 Å². The van der Waals surface area contributed by atoms with Crippen molar-refractivity contribution in [1.82, 2.24) is 10.6 Å². The lowest BCUT2D eigenvalue weighted by molar-refractivity contribution is -0.127. The van der Waals surface area contributed by atoms with Crippen molar-refractivity contribution in [1.29, 1.82) is 0 Å². The molecule has 3 amide bonds. The lowest BCUT2D eigenvalue weighted by Crippen LogP contribution is -2.50. The summed E-state index contributed by atoms with van der Waals surface area (Å²) in [4.78, 5) is 47.6. The summed E-state index contributed by atoms with van der Waals surface area (Å²) >= 11 is 0. The first-order valence-electron chi connectivity index (χ1n) is 8.08. The maximum atomic E-state index is 12.5. The van der Waals surface area contributed by atoms with Crippen LogP contribution in [0.5, 0.6) is 11.5 Å². The Labute approximate surface area is 157 Å². The average Bonchev–Trinajstić information content (AvgIpc) is 2.58. The molecule has 0 aliphatic rings. The molecular formula is C18H24N2O7. The van der Waals surface area contributed by atoms with Crippen LogP contribution in [0.1, 0.15) is 48.4 Å². The van der Waals surface area contributed by atoms with Crippen molar-refractivity contribution in [3.63, 3.8) is 0 Å². The minimum Gasteiger partial charge on any atom is -0.493 e. The van der Waals surface area contributed by atoms with Gasteiger partial charge in [-0.3, -0.25) is 14.9 Å². The number of rotatable bonds is 6. The van der Waals surface area contributed by atoms with E-state index in [2.05, 4.69) is 10.6 Å². The van der Waals surface area contributed by atoms with Gasteiger partial charge in [0.1, 0.15) is 5.56 Å². The Balaban J connectivity index is 2.97. The number of nitrogens with one attached hydrogen (secondary N) is 2. The molecular weight excluding hydrogens is 356 g/mol. The van der Waals surface area contributed by atoms with Crippen molar-refractivity contribution in [2.24, 2.45) is 0 Å². The maximum absolute atomic E-state index is 12.5. The topological polar surface area (TPSA) is 120 Å². The molecule has 1 aromatic rings. The van der Waals surface area contributed by atoms with Gasteiger partial charge in [-0.05, 0) is 39.8 Å². The van der Waals surface area contributed by atoms with Gasteiger partial charge in [0.25, 0.3) is 5.91 Å². The SMILES string of the molecule is COc1ccc(C=O)c(C(=O)O[C@@H](C)C(=O)NC(=O)NC(C)(C)C)c1OC. The van der Waals surface area contributed by atoms with Crippen molar-refractivity contribution in [2.75, 3.05) is 14.2 Å². The number of hydrogen-bond donors (Lipinski definition) is 2. The van der Waals surface area contributed by atoms with Gasteiger partial charge in [0.15, 0.2) is 23.9 Å². The highest BCUT2D eigenvalue weighted by Crippen LogP contribution is 2.33. The molecule has 2 N–H and O–H groups in total. The van der Waals surface area contributed by atoms with Gasteiger partial charge in [-0.1, -0.05) is 0 Å². The zero-order valence-corrected chi connectivity index (χ0v) is 16.2. The van der Waals surface area contributed by atoms with Gasteiger partial charge in [0, 0.05) is 11.1 Å². The third-order valence-corrected chi connectivity index (χ3v) is 3.29. The number of hydrogen-bond acceptors (Lipinski definition) is 7. The van der Waals surface area contributed by atoms with Crippen molar-refractivity contribution < 1.29 is 33.4 Å². The standard InChI is InChI=1S/C18H24N2O7/c1-10(15(22)19-17(24)20-18(2,3)4)27-16(23)13-11(9-21)7-8-12(25-5)14(13)26-6/h7-10H,1-6H3,(H2,19,20,22,24)/t10-/m0/s1. The molecule has 1 aromatic carbocycles. The van der Waals surface area contributed by atoms with Crippen LogP contribution in [0.3, 0.4) is 0 Å². The predicted octanol–water partition coefficient (Wildman–Crippen LogP) is 1.69. The molecule has 0 aliphatic heterocycles. The lowest BCUT2D eigenvalue weighted by Gasteiger charge is -2.21. The smallest absolute Gasteiger partial charge is 0.343 e. The van der Waals surface area contributed by atoms with Gasteiger partial charge in [-0.15, -0.1) is 0 Å². The molecule has 0 saturated heterocycles. The van der Waals surface area contributed by atoms with E-state index in [0.717, 1.165) is 0 Å². The summed E-state index contributed by atoms with van der Waals surface area (Å²) in [6.07, 6.45) is -0.835. The van der Waals surface area contributed by atoms with Crippen LogP contribution in [0.2, 0.25) is 0 Å². The van der Waals surface area contributed by atoms with Crippen molar-refractivity contribution in [3.8, 4) is 11.5 Å². The Kier molecular flexibility index (Phi) is 7.33. The van der Waals surface area contributed by atoms with E-state index >= 15 is 0 Å². The predicted molar refractivity (Wildman–Crippen MR) is 96.2 cm³/mol. The first-order chi connectivity index (χ1) is 12.5. The fraction of sp³-hybridized carbons (Fsp3) is 0.444. The average molecular weight is 380 g/mol. The molecule has 0 bridgehead atoms. The molecule has 0 aromatic heterocycles. The molecule has 0 fully saturated rings. The van der Waals surface area contributed by atoms with E-state index in [1.807, 2.05) is 0 Å². The van der Waals surface area contributed by atoms with E-state index < -0.39 is 29.6 Å². The molecule has 148 valence electrons. The van der Waals surface area contributed by atoms with Crippen LogP contribution in [0.4, 0.5) is 4.79 Å². The Morgan fingerprint density at radius 2 is 1.74 bits per heavy atom. The number of carbonyl (C=O) groups is 4. The van der Waals surface area contributed by atoms with Crippen LogP contribution < -0.4 is 20.1 Å². The summed E-state index contributed by atoms with van der Waals surface area (Å²) in [5, 5.41) is 4.63. The lowest BCUT2D eigenvalue weighted by atomic mass is 10.1. The third-order valence-electron chi connectivity index (χ3n) is 3.29. The number of ether oxygens (including phenoxy) is 3. The molecule has 9 heteroatoms. The quantitative estimate of drug-likeness (QED) is 0.569. The monoisotopic (exact) mass is 380 g/mol. The number of imide groups is 1. The highest BCUT2D eigenvalue weighted by atomic mass is 16.6. The fourth-order valence-corrected chi connectivity index (χ4v) is 2.11. The number of benzene rings is 1. The minimum atomic E-state index is -1.29. The van der Waals surface area contributed by atoms with E-state index in [1.165, 1.54) is 33.3 Å². The van der Waals surface area contributed by atoms with E-state index in [4.69, 9.17) is 14.2 Å². The van der Waals surface area contributed by atoms with Crippen LogP contribution in [-0.4, -0.2) is 50.1 Å². The summed E-state index contributed by atoms with van der Waals surface area (Å²) in [7, 11) is 2.67. The Morgan fingerprint density at radius 3 is 2.22 bits per heavy atom. The number of aldehydes is 1. The van der Waals surface area contributed by atoms with Crippen LogP contribution in [0.15, 0.2) is 12.1 Å². The van der Waals surface area contributed by atoms with Crippen LogP contribution in [0.25, 0.3) is 0 Å². The molecule has 27 heavy (non-hydrogen) atoms. The normalized spacial score (nSPS) is 11.8. The largest absolute Gasteiger partial charge is 0.493 e. The fourth-order valence-electron chi connectivity index (χ4n) is 2.11. The van der Waals surface area contributed by atoms with Crippen LogP contribution in [0, 0.1) is 0 Å². The number of methoxy groups -OCH3 is 2. The number of carbonyl (C=O) groups excluding carboxylic acids is 4. The zero-order valence-electron chi connectivity index (χ0n) is 16.2.